The molecule has 1 aromatic heterocycles. The number of nitrogens with zero attached hydrogens (tertiary/aromatic N) is 1. The molecule has 0 aliphatic heterocycles. The number of methoxy groups -OCH3 is 1. The van der Waals surface area contributed by atoms with E-state index < -0.39 is 0 Å². The third kappa shape index (κ3) is 3.67. The molecule has 0 fully saturated rings. The number of nitrogens with one attached hydrogen (secondary N) is 2. The first-order valence-electron chi connectivity index (χ1n) is 6.98. The second-order valence-corrected chi connectivity index (χ2v) is 5.54. The van der Waals surface area contributed by atoms with Gasteiger partial charge in [-0.15, -0.1) is 11.3 Å². The van der Waals surface area contributed by atoms with Crippen molar-refractivity contribution in [3.8, 4) is 5.75 Å². The molecule has 23 heavy (non-hydrogen) atoms. The van der Waals surface area contributed by atoms with Gasteiger partial charge in [0.1, 0.15) is 11.4 Å². The molecule has 6 heteroatoms. The number of carbonyl (C=O) groups excluding carboxylic acids is 1. The van der Waals surface area contributed by atoms with Crippen LogP contribution in [-0.2, 0) is 0 Å². The number of para-hydroxylation sites is 3. The van der Waals surface area contributed by atoms with Crippen molar-refractivity contribution in [2.45, 2.75) is 0 Å². The SMILES string of the molecule is COc1ccccc1NC(=O)c1csc(Nc2ccccc2)n1. The van der Waals surface area contributed by atoms with E-state index in [1.54, 1.807) is 24.6 Å². The van der Waals surface area contributed by atoms with Crippen LogP contribution in [0.4, 0.5) is 16.5 Å². The number of rotatable bonds is 5. The Morgan fingerprint density at radius 2 is 1.83 bits per heavy atom. The van der Waals surface area contributed by atoms with Crippen LogP contribution in [0.2, 0.25) is 0 Å². The fraction of sp³-hybridized carbons (Fsp3) is 0.0588. The maximum atomic E-state index is 12.3. The number of thiazole rings is 1. The van der Waals surface area contributed by atoms with Crippen molar-refractivity contribution in [1.82, 2.24) is 4.98 Å². The van der Waals surface area contributed by atoms with Crippen LogP contribution in [0.25, 0.3) is 0 Å². The molecule has 3 aromatic rings. The summed E-state index contributed by atoms with van der Waals surface area (Å²) in [5.41, 5.74) is 1.91. The lowest BCUT2D eigenvalue weighted by molar-refractivity contribution is 0.102. The van der Waals surface area contributed by atoms with Gasteiger partial charge in [-0.2, -0.15) is 0 Å². The summed E-state index contributed by atoms with van der Waals surface area (Å²) in [5, 5.41) is 8.36. The maximum absolute atomic E-state index is 12.3. The van der Waals surface area contributed by atoms with E-state index in [9.17, 15) is 4.79 Å². The Morgan fingerprint density at radius 1 is 1.09 bits per heavy atom. The van der Waals surface area contributed by atoms with Crippen molar-refractivity contribution in [1.29, 1.82) is 0 Å². The molecule has 0 radical (unpaired) electrons. The third-order valence-corrected chi connectivity index (χ3v) is 3.87. The summed E-state index contributed by atoms with van der Waals surface area (Å²) in [5.74, 6) is 0.338. The molecule has 5 nitrogen and oxygen atoms in total. The first-order valence-corrected chi connectivity index (χ1v) is 7.86. The van der Waals surface area contributed by atoms with E-state index in [2.05, 4.69) is 15.6 Å². The first-order chi connectivity index (χ1) is 11.3. The van der Waals surface area contributed by atoms with Gasteiger partial charge in [0.25, 0.3) is 5.91 Å². The predicted octanol–water partition coefficient (Wildman–Crippen LogP) is 4.15. The molecule has 0 aliphatic rings. The Hall–Kier alpha value is -2.86. The van der Waals surface area contributed by atoms with Crippen molar-refractivity contribution in [3.63, 3.8) is 0 Å². The van der Waals surface area contributed by atoms with Gasteiger partial charge in [0, 0.05) is 11.1 Å². The molecular formula is C17H15N3O2S. The fourth-order valence-electron chi connectivity index (χ4n) is 2.01. The number of benzene rings is 2. The van der Waals surface area contributed by atoms with E-state index in [-0.39, 0.29) is 5.91 Å². The molecule has 116 valence electrons. The highest BCUT2D eigenvalue weighted by Gasteiger charge is 2.13. The van der Waals surface area contributed by atoms with Crippen molar-refractivity contribution >= 4 is 33.8 Å². The smallest absolute Gasteiger partial charge is 0.275 e. The van der Waals surface area contributed by atoms with Gasteiger partial charge >= 0.3 is 0 Å². The monoisotopic (exact) mass is 325 g/mol. The average molecular weight is 325 g/mol. The number of hydrogen-bond acceptors (Lipinski definition) is 5. The normalized spacial score (nSPS) is 10.1. The molecule has 0 unspecified atom stereocenters. The van der Waals surface area contributed by atoms with E-state index in [0.717, 1.165) is 5.69 Å². The highest BCUT2D eigenvalue weighted by Crippen LogP contribution is 2.25. The number of ether oxygens (including phenoxy) is 1. The van der Waals surface area contributed by atoms with Gasteiger partial charge in [-0.3, -0.25) is 4.79 Å². The van der Waals surface area contributed by atoms with Gasteiger partial charge in [-0.05, 0) is 24.3 Å². The number of aromatic nitrogens is 1. The summed E-state index contributed by atoms with van der Waals surface area (Å²) < 4.78 is 5.22. The second-order valence-electron chi connectivity index (χ2n) is 4.68. The molecular weight excluding hydrogens is 310 g/mol. The van der Waals surface area contributed by atoms with Crippen molar-refractivity contribution in [2.75, 3.05) is 17.7 Å². The van der Waals surface area contributed by atoms with Crippen LogP contribution < -0.4 is 15.4 Å². The largest absolute Gasteiger partial charge is 0.495 e. The van der Waals surface area contributed by atoms with Crippen LogP contribution in [0, 0.1) is 0 Å². The van der Waals surface area contributed by atoms with Crippen molar-refractivity contribution in [2.24, 2.45) is 0 Å². The Balaban J connectivity index is 1.71. The summed E-state index contributed by atoms with van der Waals surface area (Å²) in [4.78, 5) is 16.6. The van der Waals surface area contributed by atoms with Gasteiger partial charge in [0.15, 0.2) is 5.13 Å². The summed E-state index contributed by atoms with van der Waals surface area (Å²) >= 11 is 1.38. The molecule has 2 N–H and O–H groups in total. The minimum Gasteiger partial charge on any atom is -0.495 e. The standard InChI is InChI=1S/C17H15N3O2S/c1-22-15-10-6-5-9-13(15)19-16(21)14-11-23-17(20-14)18-12-7-3-2-4-8-12/h2-11H,1H3,(H,18,20)(H,19,21). The maximum Gasteiger partial charge on any atom is 0.275 e. The van der Waals surface area contributed by atoms with E-state index in [1.807, 2.05) is 42.5 Å². The predicted molar refractivity (Wildman–Crippen MR) is 92.8 cm³/mol. The van der Waals surface area contributed by atoms with E-state index >= 15 is 0 Å². The molecule has 0 spiro atoms. The second kappa shape index (κ2) is 6.93. The lowest BCUT2D eigenvalue weighted by atomic mass is 10.3. The molecule has 2 aromatic carbocycles. The van der Waals surface area contributed by atoms with Gasteiger partial charge in [-0.1, -0.05) is 30.3 Å². The minimum atomic E-state index is -0.271. The van der Waals surface area contributed by atoms with Crippen LogP contribution >= 0.6 is 11.3 Å². The van der Waals surface area contributed by atoms with E-state index in [4.69, 9.17) is 4.74 Å². The fourth-order valence-corrected chi connectivity index (χ4v) is 2.73. The zero-order valence-corrected chi connectivity index (χ0v) is 13.3. The summed E-state index contributed by atoms with van der Waals surface area (Å²) in [7, 11) is 1.57. The summed E-state index contributed by atoms with van der Waals surface area (Å²) in [6, 6.07) is 17.0. The van der Waals surface area contributed by atoms with Crippen LogP contribution in [0.1, 0.15) is 10.5 Å². The number of anilines is 3. The molecule has 3 rings (SSSR count). The van der Waals surface area contributed by atoms with Crippen LogP contribution in [-0.4, -0.2) is 18.0 Å². The average Bonchev–Trinajstić information content (AvgIpc) is 3.05. The minimum absolute atomic E-state index is 0.271. The molecule has 0 atom stereocenters. The molecule has 0 aliphatic carbocycles. The van der Waals surface area contributed by atoms with Gasteiger partial charge in [0.2, 0.25) is 0 Å². The Morgan fingerprint density at radius 3 is 2.61 bits per heavy atom. The van der Waals surface area contributed by atoms with Gasteiger partial charge in [0.05, 0.1) is 12.8 Å². The third-order valence-electron chi connectivity index (χ3n) is 3.12. The van der Waals surface area contributed by atoms with Gasteiger partial charge < -0.3 is 15.4 Å². The lowest BCUT2D eigenvalue weighted by Gasteiger charge is -2.08. The Kier molecular flexibility index (Phi) is 4.54. The Labute approximate surface area is 138 Å². The molecule has 1 heterocycles. The van der Waals surface area contributed by atoms with E-state index in [1.165, 1.54) is 11.3 Å². The van der Waals surface area contributed by atoms with Crippen LogP contribution in [0.5, 0.6) is 5.75 Å². The first kappa shape index (κ1) is 15.1. The number of amides is 1. The molecule has 0 saturated heterocycles. The topological polar surface area (TPSA) is 63.2 Å². The quantitative estimate of drug-likeness (QED) is 0.740. The van der Waals surface area contributed by atoms with Crippen molar-refractivity contribution in [3.05, 3.63) is 65.7 Å². The number of carbonyl (C=O) groups is 1. The lowest BCUT2D eigenvalue weighted by Crippen LogP contribution is -2.13. The summed E-state index contributed by atoms with van der Waals surface area (Å²) in [6.45, 7) is 0. The van der Waals surface area contributed by atoms with Crippen LogP contribution in [0.15, 0.2) is 60.0 Å². The highest BCUT2D eigenvalue weighted by molar-refractivity contribution is 7.14. The Bertz CT molecular complexity index is 802. The highest BCUT2D eigenvalue weighted by atomic mass is 32.1. The van der Waals surface area contributed by atoms with E-state index in [0.29, 0.717) is 22.3 Å². The van der Waals surface area contributed by atoms with Gasteiger partial charge in [-0.25, -0.2) is 4.98 Å². The van der Waals surface area contributed by atoms with Crippen LogP contribution in [0.3, 0.4) is 0 Å². The molecule has 0 bridgehead atoms. The van der Waals surface area contributed by atoms with Crippen molar-refractivity contribution < 1.29 is 9.53 Å². The zero-order chi connectivity index (χ0) is 16.1. The zero-order valence-electron chi connectivity index (χ0n) is 12.4. The summed E-state index contributed by atoms with van der Waals surface area (Å²) in [6.07, 6.45) is 0. The molecule has 1 amide bonds. The molecule has 0 saturated carbocycles. The number of hydrogen-bond donors (Lipinski definition) is 2.